The van der Waals surface area contributed by atoms with Crippen molar-refractivity contribution in [1.82, 2.24) is 0 Å². The van der Waals surface area contributed by atoms with Crippen molar-refractivity contribution >= 4 is 33.1 Å². The number of rotatable bonds is 5. The van der Waals surface area contributed by atoms with Crippen molar-refractivity contribution < 1.29 is 4.79 Å². The van der Waals surface area contributed by atoms with Gasteiger partial charge in [-0.2, -0.15) is 0 Å². The maximum atomic E-state index is 13.0. The van der Waals surface area contributed by atoms with E-state index >= 15 is 0 Å². The number of ketones is 1. The Morgan fingerprint density at radius 3 is 1.68 bits per heavy atom. The van der Waals surface area contributed by atoms with E-state index in [1.54, 1.807) is 0 Å². The van der Waals surface area contributed by atoms with Crippen molar-refractivity contribution in [1.29, 1.82) is 0 Å². The molecule has 0 aliphatic heterocycles. The van der Waals surface area contributed by atoms with Crippen molar-refractivity contribution in [2.75, 3.05) is 11.9 Å². The fourth-order valence-corrected chi connectivity index (χ4v) is 3.39. The van der Waals surface area contributed by atoms with Crippen LogP contribution in [-0.2, 0) is 0 Å². The summed E-state index contributed by atoms with van der Waals surface area (Å²) in [6.07, 6.45) is 0. The van der Waals surface area contributed by atoms with E-state index in [9.17, 15) is 4.79 Å². The Balaban J connectivity index is 2.12. The van der Waals surface area contributed by atoms with Crippen LogP contribution in [0, 0.1) is 0 Å². The zero-order valence-corrected chi connectivity index (χ0v) is 15.5. The molecule has 0 unspecified atom stereocenters. The fraction of sp³-hybridized carbons (Fsp3) is 0.0455. The highest BCUT2D eigenvalue weighted by Gasteiger charge is 2.20. The number of Topliss-reactive ketones (excluding diaryl/α,β-unsaturated/α-hetero) is 1. The van der Waals surface area contributed by atoms with Crippen molar-refractivity contribution in [3.63, 3.8) is 0 Å². The van der Waals surface area contributed by atoms with Gasteiger partial charge in [0.15, 0.2) is 0 Å². The Hall–Kier alpha value is -2.65. The molecule has 0 atom stereocenters. The summed E-state index contributed by atoms with van der Waals surface area (Å²) in [6.45, 7) is 0. The molecule has 0 fully saturated rings. The van der Waals surface area contributed by atoms with Crippen LogP contribution >= 0.6 is 15.9 Å². The third kappa shape index (κ3) is 3.89. The zero-order valence-electron chi connectivity index (χ0n) is 13.9. The average Bonchev–Trinajstić information content (AvgIpc) is 2.69. The van der Waals surface area contributed by atoms with E-state index in [4.69, 9.17) is 0 Å². The summed E-state index contributed by atoms with van der Waals surface area (Å²) in [4.78, 5) is 15.0. The highest BCUT2D eigenvalue weighted by Crippen LogP contribution is 2.31. The van der Waals surface area contributed by atoms with E-state index in [1.807, 2.05) is 103 Å². The first kappa shape index (κ1) is 17.2. The lowest BCUT2D eigenvalue weighted by molar-refractivity contribution is 0.104. The fourth-order valence-electron chi connectivity index (χ4n) is 2.67. The van der Waals surface area contributed by atoms with Crippen LogP contribution in [0.25, 0.3) is 5.70 Å². The molecule has 0 aliphatic carbocycles. The number of nitrogens with zero attached hydrogens (tertiary/aromatic N) is 1. The molecule has 0 N–H and O–H groups in total. The van der Waals surface area contributed by atoms with E-state index in [0.29, 0.717) is 10.0 Å². The van der Waals surface area contributed by atoms with Gasteiger partial charge in [0, 0.05) is 18.3 Å². The summed E-state index contributed by atoms with van der Waals surface area (Å²) in [7, 11) is 1.97. The molecule has 2 nitrogen and oxygen atoms in total. The number of carbonyl (C=O) groups excluding carboxylic acids is 1. The van der Waals surface area contributed by atoms with Gasteiger partial charge >= 0.3 is 0 Å². The molecule has 0 saturated heterocycles. The molecule has 3 heteroatoms. The molecule has 25 heavy (non-hydrogen) atoms. The maximum Gasteiger partial charge on any atom is 0.202 e. The molecule has 0 spiro atoms. The Morgan fingerprint density at radius 2 is 1.16 bits per heavy atom. The van der Waals surface area contributed by atoms with Gasteiger partial charge in [-0.3, -0.25) is 4.79 Å². The molecule has 0 aromatic heterocycles. The van der Waals surface area contributed by atoms with E-state index in [-0.39, 0.29) is 5.78 Å². The number of benzene rings is 3. The number of hydrogen-bond acceptors (Lipinski definition) is 2. The molecule has 3 aromatic carbocycles. The molecule has 0 heterocycles. The molecule has 3 rings (SSSR count). The lowest BCUT2D eigenvalue weighted by atomic mass is 10.1. The maximum absolute atomic E-state index is 13.0. The van der Waals surface area contributed by atoms with Crippen LogP contribution in [0.5, 0.6) is 0 Å². The van der Waals surface area contributed by atoms with Crippen molar-refractivity contribution in [3.8, 4) is 0 Å². The van der Waals surface area contributed by atoms with Gasteiger partial charge in [-0.05, 0) is 33.6 Å². The number of hydrogen-bond donors (Lipinski definition) is 0. The van der Waals surface area contributed by atoms with Crippen molar-refractivity contribution in [2.24, 2.45) is 0 Å². The summed E-state index contributed by atoms with van der Waals surface area (Å²) in [5.74, 6) is -0.0396. The summed E-state index contributed by atoms with van der Waals surface area (Å²) in [5, 5.41) is 0. The molecular weight excluding hydrogens is 374 g/mol. The van der Waals surface area contributed by atoms with Gasteiger partial charge in [0.1, 0.15) is 0 Å². The van der Waals surface area contributed by atoms with Gasteiger partial charge in [0.05, 0.1) is 10.2 Å². The molecule has 0 radical (unpaired) electrons. The minimum atomic E-state index is -0.0396. The molecule has 0 aliphatic rings. The van der Waals surface area contributed by atoms with Gasteiger partial charge in [-0.15, -0.1) is 0 Å². The third-order valence-corrected chi connectivity index (χ3v) is 4.71. The first-order valence-electron chi connectivity index (χ1n) is 8.02. The topological polar surface area (TPSA) is 20.3 Å². The smallest absolute Gasteiger partial charge is 0.202 e. The lowest BCUT2D eigenvalue weighted by Crippen LogP contribution is -2.18. The van der Waals surface area contributed by atoms with E-state index in [0.717, 1.165) is 16.9 Å². The quantitative estimate of drug-likeness (QED) is 0.406. The Morgan fingerprint density at radius 1 is 0.720 bits per heavy atom. The van der Waals surface area contributed by atoms with Gasteiger partial charge < -0.3 is 4.90 Å². The summed E-state index contributed by atoms with van der Waals surface area (Å²) >= 11 is 3.57. The van der Waals surface area contributed by atoms with Gasteiger partial charge in [0.25, 0.3) is 0 Å². The minimum absolute atomic E-state index is 0.0396. The first-order chi connectivity index (χ1) is 12.2. The number of allylic oxidation sites excluding steroid dienone is 1. The molecule has 0 amide bonds. The third-order valence-electron chi connectivity index (χ3n) is 3.97. The van der Waals surface area contributed by atoms with E-state index < -0.39 is 0 Å². The Bertz CT molecular complexity index is 874. The predicted molar refractivity (Wildman–Crippen MR) is 108 cm³/mol. The second kappa shape index (κ2) is 7.95. The van der Waals surface area contributed by atoms with Crippen LogP contribution in [-0.4, -0.2) is 12.8 Å². The summed E-state index contributed by atoms with van der Waals surface area (Å²) in [6, 6.07) is 29.2. The second-order valence-electron chi connectivity index (χ2n) is 5.62. The number of para-hydroxylation sites is 1. The summed E-state index contributed by atoms with van der Waals surface area (Å²) in [5.41, 5.74) is 3.48. The van der Waals surface area contributed by atoms with Crippen LogP contribution < -0.4 is 4.90 Å². The molecule has 0 bridgehead atoms. The van der Waals surface area contributed by atoms with Crippen LogP contribution in [0.3, 0.4) is 0 Å². The first-order valence-corrected chi connectivity index (χ1v) is 8.81. The lowest BCUT2D eigenvalue weighted by Gasteiger charge is -2.24. The standard InChI is InChI=1S/C22H18BrNO/c1-24(19-15-9-4-10-16-19)21(17-11-5-2-6-12-17)20(23)22(25)18-13-7-3-8-14-18/h2-16H,1H3/b21-20+. The molecule has 0 saturated carbocycles. The van der Waals surface area contributed by atoms with Crippen LogP contribution in [0.15, 0.2) is 95.5 Å². The van der Waals surface area contributed by atoms with Gasteiger partial charge in [-0.1, -0.05) is 78.9 Å². The SMILES string of the molecule is CN(/C(=C(/Br)C(=O)c1ccccc1)c1ccccc1)c1ccccc1. The molecule has 124 valence electrons. The normalized spacial score (nSPS) is 11.6. The van der Waals surface area contributed by atoms with Crippen LogP contribution in [0.4, 0.5) is 5.69 Å². The summed E-state index contributed by atoms with van der Waals surface area (Å²) < 4.78 is 0.538. The molecule has 3 aromatic rings. The second-order valence-corrected chi connectivity index (χ2v) is 6.41. The average molecular weight is 392 g/mol. The number of anilines is 1. The zero-order chi connectivity index (χ0) is 17.6. The largest absolute Gasteiger partial charge is 0.343 e. The van der Waals surface area contributed by atoms with Crippen LogP contribution in [0.2, 0.25) is 0 Å². The Labute approximate surface area is 156 Å². The van der Waals surface area contributed by atoms with Crippen molar-refractivity contribution in [2.45, 2.75) is 0 Å². The monoisotopic (exact) mass is 391 g/mol. The highest BCUT2D eigenvalue weighted by atomic mass is 79.9. The van der Waals surface area contributed by atoms with E-state index in [1.165, 1.54) is 0 Å². The van der Waals surface area contributed by atoms with Crippen LogP contribution in [0.1, 0.15) is 15.9 Å². The Kier molecular flexibility index (Phi) is 5.46. The van der Waals surface area contributed by atoms with E-state index in [2.05, 4.69) is 15.9 Å². The predicted octanol–water partition coefficient (Wildman–Crippen LogP) is 5.77. The number of halogens is 1. The van der Waals surface area contributed by atoms with Gasteiger partial charge in [0.2, 0.25) is 5.78 Å². The minimum Gasteiger partial charge on any atom is -0.343 e. The van der Waals surface area contributed by atoms with Crippen molar-refractivity contribution in [3.05, 3.63) is 107 Å². The van der Waals surface area contributed by atoms with Gasteiger partial charge in [-0.25, -0.2) is 0 Å². The molecular formula is C22H18BrNO. The number of carbonyl (C=O) groups is 1. The highest BCUT2D eigenvalue weighted by molar-refractivity contribution is 9.12.